The van der Waals surface area contributed by atoms with Crippen LogP contribution in [-0.4, -0.2) is 41.2 Å². The maximum atomic E-state index is 13.4. The summed E-state index contributed by atoms with van der Waals surface area (Å²) in [5, 5.41) is 14.2. The Balaban J connectivity index is 1.71. The van der Waals surface area contributed by atoms with Gasteiger partial charge in [-0.25, -0.2) is 9.78 Å². The number of aromatic carboxylic acids is 1. The minimum absolute atomic E-state index is 0.00220. The van der Waals surface area contributed by atoms with E-state index in [1.165, 1.54) is 25.0 Å². The second kappa shape index (κ2) is 12.1. The van der Waals surface area contributed by atoms with Crippen LogP contribution in [0.1, 0.15) is 53.5 Å². The van der Waals surface area contributed by atoms with Gasteiger partial charge >= 0.3 is 5.97 Å². The first kappa shape index (κ1) is 27.8. The van der Waals surface area contributed by atoms with Crippen molar-refractivity contribution in [3.05, 3.63) is 91.9 Å². The summed E-state index contributed by atoms with van der Waals surface area (Å²) >= 11 is 3.42. The van der Waals surface area contributed by atoms with Gasteiger partial charge in [0.25, 0.3) is 5.56 Å². The SMILES string of the molecule is CC[C@H](C)c1nc2ccc(Br)cc2c(=O)n1N=Cc1cc(OC)c(OCc2cccc(C(=O)O)c2)c(OC)c1. The van der Waals surface area contributed by atoms with Crippen LogP contribution in [0.25, 0.3) is 10.9 Å². The van der Waals surface area contributed by atoms with Gasteiger partial charge in [-0.05, 0) is 54.4 Å². The van der Waals surface area contributed by atoms with Gasteiger partial charge in [-0.3, -0.25) is 4.79 Å². The van der Waals surface area contributed by atoms with Crippen LogP contribution >= 0.6 is 15.9 Å². The lowest BCUT2D eigenvalue weighted by Gasteiger charge is -2.16. The Hall–Kier alpha value is -4.18. The predicted octanol–water partition coefficient (Wildman–Crippen LogP) is 5.85. The third-order valence-corrected chi connectivity index (χ3v) is 6.74. The van der Waals surface area contributed by atoms with Gasteiger partial charge in [-0.15, -0.1) is 0 Å². The number of hydrogen-bond donors (Lipinski definition) is 1. The summed E-state index contributed by atoms with van der Waals surface area (Å²) in [6.45, 7) is 4.14. The highest BCUT2D eigenvalue weighted by Crippen LogP contribution is 2.39. The van der Waals surface area contributed by atoms with E-state index < -0.39 is 5.97 Å². The van der Waals surface area contributed by atoms with Crippen molar-refractivity contribution >= 4 is 39.0 Å². The molecule has 1 N–H and O–H groups in total. The number of ether oxygens (including phenoxy) is 3. The van der Waals surface area contributed by atoms with Gasteiger partial charge in [-0.1, -0.05) is 41.9 Å². The van der Waals surface area contributed by atoms with Crippen LogP contribution in [-0.2, 0) is 6.61 Å². The first-order valence-corrected chi connectivity index (χ1v) is 13.0. The second-order valence-corrected chi connectivity index (χ2v) is 9.77. The summed E-state index contributed by atoms with van der Waals surface area (Å²) in [5.41, 5.74) is 1.81. The fraction of sp³-hybridized carbons (Fsp3) is 0.241. The molecule has 0 fully saturated rings. The third-order valence-electron chi connectivity index (χ3n) is 6.25. The quantitative estimate of drug-likeness (QED) is 0.229. The van der Waals surface area contributed by atoms with Crippen LogP contribution in [0.15, 0.2) is 69.0 Å². The molecule has 0 aliphatic rings. The van der Waals surface area contributed by atoms with Crippen molar-refractivity contribution in [3.8, 4) is 17.2 Å². The molecule has 0 aliphatic carbocycles. The van der Waals surface area contributed by atoms with Crippen LogP contribution in [0.5, 0.6) is 17.2 Å². The molecule has 1 heterocycles. The van der Waals surface area contributed by atoms with Gasteiger partial charge in [0.2, 0.25) is 5.75 Å². The maximum Gasteiger partial charge on any atom is 0.335 e. The molecule has 0 amide bonds. The number of benzene rings is 3. The van der Waals surface area contributed by atoms with E-state index in [0.29, 0.717) is 45.1 Å². The average Bonchev–Trinajstić information content (AvgIpc) is 2.95. The third kappa shape index (κ3) is 6.12. The lowest BCUT2D eigenvalue weighted by Crippen LogP contribution is -2.23. The average molecular weight is 594 g/mol. The molecule has 4 aromatic rings. The van der Waals surface area contributed by atoms with E-state index in [-0.39, 0.29) is 23.6 Å². The van der Waals surface area contributed by atoms with E-state index in [1.807, 2.05) is 26.0 Å². The number of carboxylic acid groups (broad SMARTS) is 1. The Labute approximate surface area is 233 Å². The predicted molar refractivity (Wildman–Crippen MR) is 153 cm³/mol. The highest BCUT2D eigenvalue weighted by Gasteiger charge is 2.17. The highest BCUT2D eigenvalue weighted by molar-refractivity contribution is 9.10. The molecule has 202 valence electrons. The second-order valence-electron chi connectivity index (χ2n) is 8.85. The summed E-state index contributed by atoms with van der Waals surface area (Å²) in [7, 11) is 3.01. The lowest BCUT2D eigenvalue weighted by molar-refractivity contribution is 0.0696. The first-order chi connectivity index (χ1) is 18.7. The summed E-state index contributed by atoms with van der Waals surface area (Å²) in [6, 6.07) is 15.3. The van der Waals surface area contributed by atoms with Gasteiger partial charge in [0.05, 0.1) is 36.9 Å². The van der Waals surface area contributed by atoms with Crippen molar-refractivity contribution in [2.75, 3.05) is 14.2 Å². The van der Waals surface area contributed by atoms with Crippen LogP contribution in [0.3, 0.4) is 0 Å². The minimum atomic E-state index is -1.01. The maximum absolute atomic E-state index is 13.4. The zero-order valence-electron chi connectivity index (χ0n) is 22.0. The molecule has 0 radical (unpaired) electrons. The van der Waals surface area contributed by atoms with Crippen LogP contribution in [0.4, 0.5) is 0 Å². The number of aromatic nitrogens is 2. The van der Waals surface area contributed by atoms with Gasteiger partial charge < -0.3 is 19.3 Å². The minimum Gasteiger partial charge on any atom is -0.493 e. The molecule has 0 spiro atoms. The zero-order chi connectivity index (χ0) is 28.1. The number of fused-ring (bicyclic) bond motifs is 1. The van der Waals surface area contributed by atoms with Crippen molar-refractivity contribution in [1.82, 2.24) is 9.66 Å². The van der Waals surface area contributed by atoms with Gasteiger partial charge in [-0.2, -0.15) is 9.78 Å². The molecule has 0 saturated heterocycles. The Morgan fingerprint density at radius 2 is 1.85 bits per heavy atom. The van der Waals surface area contributed by atoms with E-state index >= 15 is 0 Å². The van der Waals surface area contributed by atoms with Gasteiger partial charge in [0.15, 0.2) is 11.5 Å². The first-order valence-electron chi connectivity index (χ1n) is 12.2. The Morgan fingerprint density at radius 3 is 2.49 bits per heavy atom. The highest BCUT2D eigenvalue weighted by atomic mass is 79.9. The van der Waals surface area contributed by atoms with Crippen molar-refractivity contribution < 1.29 is 24.1 Å². The van der Waals surface area contributed by atoms with Crippen molar-refractivity contribution in [2.45, 2.75) is 32.8 Å². The van der Waals surface area contributed by atoms with Gasteiger partial charge in [0, 0.05) is 16.0 Å². The molecule has 3 aromatic carbocycles. The fourth-order valence-electron chi connectivity index (χ4n) is 3.97. The molecule has 0 unspecified atom stereocenters. The number of carboxylic acids is 1. The van der Waals surface area contributed by atoms with Crippen LogP contribution < -0.4 is 19.8 Å². The molecule has 1 aromatic heterocycles. The van der Waals surface area contributed by atoms with Crippen molar-refractivity contribution in [3.63, 3.8) is 0 Å². The molecule has 0 saturated carbocycles. The lowest BCUT2D eigenvalue weighted by atomic mass is 10.1. The molecule has 39 heavy (non-hydrogen) atoms. The Morgan fingerprint density at radius 1 is 1.13 bits per heavy atom. The summed E-state index contributed by atoms with van der Waals surface area (Å²) in [6.07, 6.45) is 2.33. The van der Waals surface area contributed by atoms with Crippen LogP contribution in [0.2, 0.25) is 0 Å². The van der Waals surface area contributed by atoms with E-state index in [9.17, 15) is 14.7 Å². The monoisotopic (exact) mass is 593 g/mol. The molecular weight excluding hydrogens is 566 g/mol. The Bertz CT molecular complexity index is 1590. The molecule has 0 aliphatic heterocycles. The normalized spacial score (nSPS) is 12.0. The number of hydrogen-bond acceptors (Lipinski definition) is 7. The number of nitrogens with zero attached hydrogens (tertiary/aromatic N) is 3. The summed E-state index contributed by atoms with van der Waals surface area (Å²) in [4.78, 5) is 29.4. The summed E-state index contributed by atoms with van der Waals surface area (Å²) < 4.78 is 19.2. The van der Waals surface area contributed by atoms with Gasteiger partial charge in [0.1, 0.15) is 12.4 Å². The standard InChI is InChI=1S/C29H28BrN3O6/c1-5-17(2)27-32-23-10-9-21(30)14-22(23)28(34)33(27)31-15-19-12-24(37-3)26(25(13-19)38-4)39-16-18-7-6-8-20(11-18)29(35)36/h6-15,17H,5,16H2,1-4H3,(H,35,36)/t17-/m0/s1. The summed E-state index contributed by atoms with van der Waals surface area (Å²) in [5.74, 6) is 0.687. The smallest absolute Gasteiger partial charge is 0.335 e. The fourth-order valence-corrected chi connectivity index (χ4v) is 4.33. The zero-order valence-corrected chi connectivity index (χ0v) is 23.6. The van der Waals surface area contributed by atoms with Crippen molar-refractivity contribution in [2.24, 2.45) is 5.10 Å². The van der Waals surface area contributed by atoms with E-state index in [2.05, 4.69) is 21.0 Å². The van der Waals surface area contributed by atoms with E-state index in [0.717, 1.165) is 10.9 Å². The number of halogens is 1. The van der Waals surface area contributed by atoms with Crippen LogP contribution in [0, 0.1) is 0 Å². The number of methoxy groups -OCH3 is 2. The Kier molecular flexibility index (Phi) is 8.65. The number of rotatable bonds is 10. The molecule has 0 bridgehead atoms. The van der Waals surface area contributed by atoms with E-state index in [1.54, 1.807) is 42.6 Å². The molecule has 10 heteroatoms. The number of carbonyl (C=O) groups is 1. The molecule has 1 atom stereocenters. The molecular formula is C29H28BrN3O6. The largest absolute Gasteiger partial charge is 0.493 e. The van der Waals surface area contributed by atoms with E-state index in [4.69, 9.17) is 19.2 Å². The molecule has 9 nitrogen and oxygen atoms in total. The topological polar surface area (TPSA) is 112 Å². The van der Waals surface area contributed by atoms with Crippen molar-refractivity contribution in [1.29, 1.82) is 0 Å². The molecule has 4 rings (SSSR count).